The van der Waals surface area contributed by atoms with E-state index in [4.69, 9.17) is 9.84 Å². The van der Waals surface area contributed by atoms with E-state index in [0.29, 0.717) is 0 Å². The smallest absolute Gasteiger partial charge is 0.748 e. The van der Waals surface area contributed by atoms with E-state index in [1.54, 1.807) is 0 Å². The fourth-order valence-electron chi connectivity index (χ4n) is 2.98. The van der Waals surface area contributed by atoms with Gasteiger partial charge < -0.3 is 14.4 Å². The van der Waals surface area contributed by atoms with Crippen LogP contribution in [0.15, 0.2) is 24.3 Å². The van der Waals surface area contributed by atoms with Crippen molar-refractivity contribution in [2.24, 2.45) is 0 Å². The number of aryl methyl sites for hydroxylation is 1. The van der Waals surface area contributed by atoms with Crippen molar-refractivity contribution in [3.05, 3.63) is 35.4 Å². The molecule has 0 aliphatic rings. The molecule has 27 heavy (non-hydrogen) atoms. The summed E-state index contributed by atoms with van der Waals surface area (Å²) < 4.78 is 38.1. The number of benzene rings is 1. The molecule has 0 radical (unpaired) electrons. The normalized spacial score (nSPS) is 12.6. The molecule has 0 fully saturated rings. The second kappa shape index (κ2) is 15.9. The molecule has 0 bridgehead atoms. The van der Waals surface area contributed by atoms with Crippen molar-refractivity contribution >= 4 is 10.1 Å². The Kier molecular flexibility index (Phi) is 15.9. The Bertz CT molecular complexity index is 575. The molecule has 1 unspecified atom stereocenters. The Morgan fingerprint density at radius 3 is 2.19 bits per heavy atom. The van der Waals surface area contributed by atoms with Crippen LogP contribution in [0.4, 0.5) is 0 Å². The van der Waals surface area contributed by atoms with E-state index < -0.39 is 22.0 Å². The van der Waals surface area contributed by atoms with Gasteiger partial charge in [-0.2, -0.15) is 0 Å². The number of rotatable bonds is 15. The average molecular weight is 409 g/mol. The van der Waals surface area contributed by atoms with E-state index in [1.807, 2.05) is 24.3 Å². The molecule has 0 heterocycles. The van der Waals surface area contributed by atoms with Gasteiger partial charge in [-0.15, -0.1) is 0 Å². The Morgan fingerprint density at radius 2 is 1.63 bits per heavy atom. The van der Waals surface area contributed by atoms with Gasteiger partial charge in [-0.3, -0.25) is 0 Å². The van der Waals surface area contributed by atoms with E-state index >= 15 is 0 Å². The summed E-state index contributed by atoms with van der Waals surface area (Å²) in [4.78, 5) is 0. The Morgan fingerprint density at radius 1 is 1.04 bits per heavy atom. The molecule has 1 aromatic rings. The van der Waals surface area contributed by atoms with Crippen molar-refractivity contribution in [2.75, 3.05) is 19.0 Å². The minimum atomic E-state index is -4.28. The van der Waals surface area contributed by atoms with Crippen LogP contribution in [0.25, 0.3) is 0 Å². The van der Waals surface area contributed by atoms with Crippen LogP contribution in [0.2, 0.25) is 0 Å². The van der Waals surface area contributed by atoms with Crippen LogP contribution in [0.5, 0.6) is 0 Å². The van der Waals surface area contributed by atoms with Gasteiger partial charge in [-0.25, -0.2) is 8.42 Å². The molecule has 0 amide bonds. The number of aliphatic hydroxyl groups excluding tert-OH is 1. The standard InChI is InChI=1S/C20H34O5S.Na/c1-2-3-4-5-6-7-8-9-18-10-12-19(13-11-18)20(25-16-15-21)14-17-26(22,23)24;/h10-13,20-21H,2-9,14-17H2,1H3,(H,22,23,24);/q;+1/p-1. The van der Waals surface area contributed by atoms with Gasteiger partial charge in [0, 0.05) is 5.75 Å². The van der Waals surface area contributed by atoms with Crippen molar-refractivity contribution in [2.45, 2.75) is 70.8 Å². The maximum atomic E-state index is 10.9. The number of ether oxygens (including phenoxy) is 1. The van der Waals surface area contributed by atoms with Gasteiger partial charge in [0.15, 0.2) is 0 Å². The first kappa shape index (κ1) is 27.0. The van der Waals surface area contributed by atoms with Crippen LogP contribution < -0.4 is 29.6 Å². The molecule has 1 rings (SSSR count). The molecule has 0 aromatic heterocycles. The van der Waals surface area contributed by atoms with Crippen LogP contribution in [-0.2, 0) is 21.3 Å². The fraction of sp³-hybridized carbons (Fsp3) is 0.700. The molecule has 1 aromatic carbocycles. The van der Waals surface area contributed by atoms with E-state index in [1.165, 1.54) is 50.5 Å². The largest absolute Gasteiger partial charge is 1.00 e. The predicted octanol–water partition coefficient (Wildman–Crippen LogP) is 0.969. The van der Waals surface area contributed by atoms with Crippen LogP contribution in [0, 0.1) is 0 Å². The maximum Gasteiger partial charge on any atom is 1.00 e. The summed E-state index contributed by atoms with van der Waals surface area (Å²) in [5.41, 5.74) is 2.09. The Balaban J connectivity index is 0.00000676. The van der Waals surface area contributed by atoms with Gasteiger partial charge in [0.05, 0.1) is 29.4 Å². The van der Waals surface area contributed by atoms with E-state index in [0.717, 1.165) is 12.0 Å². The molecule has 1 N–H and O–H groups in total. The maximum absolute atomic E-state index is 10.9. The molecule has 0 aliphatic carbocycles. The number of hydrogen-bond acceptors (Lipinski definition) is 5. The number of hydrogen-bond donors (Lipinski definition) is 1. The van der Waals surface area contributed by atoms with E-state index in [2.05, 4.69) is 6.92 Å². The van der Waals surface area contributed by atoms with Crippen molar-refractivity contribution in [3.8, 4) is 0 Å². The van der Waals surface area contributed by atoms with E-state index in [9.17, 15) is 13.0 Å². The molecule has 0 aliphatic heterocycles. The van der Waals surface area contributed by atoms with Crippen LogP contribution in [0.1, 0.15) is 75.5 Å². The Labute approximate surface area is 186 Å². The third-order valence-electron chi connectivity index (χ3n) is 4.46. The first-order valence-electron chi connectivity index (χ1n) is 9.71. The van der Waals surface area contributed by atoms with Crippen molar-refractivity contribution in [3.63, 3.8) is 0 Å². The molecule has 1 atom stereocenters. The average Bonchev–Trinajstić information content (AvgIpc) is 2.61. The summed E-state index contributed by atoms with van der Waals surface area (Å²) in [5, 5.41) is 8.92. The molecule has 150 valence electrons. The van der Waals surface area contributed by atoms with Crippen molar-refractivity contribution in [1.82, 2.24) is 0 Å². The third kappa shape index (κ3) is 13.8. The quantitative estimate of drug-likeness (QED) is 0.265. The van der Waals surface area contributed by atoms with Crippen LogP contribution >= 0.6 is 0 Å². The SMILES string of the molecule is CCCCCCCCCc1ccc(C(CCS(=O)(=O)[O-])OCCO)cc1.[Na+]. The zero-order chi connectivity index (χ0) is 19.3. The van der Waals surface area contributed by atoms with Crippen LogP contribution in [0.3, 0.4) is 0 Å². The van der Waals surface area contributed by atoms with E-state index in [-0.39, 0.29) is 49.2 Å². The molecular formula is C20H33NaO5S. The van der Waals surface area contributed by atoms with Gasteiger partial charge in [0.1, 0.15) is 0 Å². The molecule has 0 saturated heterocycles. The first-order chi connectivity index (χ1) is 12.5. The summed E-state index contributed by atoms with van der Waals surface area (Å²) >= 11 is 0. The topological polar surface area (TPSA) is 86.7 Å². The van der Waals surface area contributed by atoms with Crippen LogP contribution in [-0.4, -0.2) is 37.0 Å². The first-order valence-corrected chi connectivity index (χ1v) is 11.3. The fourth-order valence-corrected chi connectivity index (χ4v) is 3.48. The minimum absolute atomic E-state index is 0. The second-order valence-corrected chi connectivity index (χ2v) is 8.27. The van der Waals surface area contributed by atoms with Crippen molar-refractivity contribution in [1.29, 1.82) is 0 Å². The predicted molar refractivity (Wildman–Crippen MR) is 103 cm³/mol. The summed E-state index contributed by atoms with van der Waals surface area (Å²) in [6.45, 7) is 2.20. The molecule has 0 spiro atoms. The third-order valence-corrected chi connectivity index (χ3v) is 5.20. The zero-order valence-electron chi connectivity index (χ0n) is 16.9. The van der Waals surface area contributed by atoms with Gasteiger partial charge >= 0.3 is 29.6 Å². The monoisotopic (exact) mass is 408 g/mol. The minimum Gasteiger partial charge on any atom is -0.748 e. The molecule has 5 nitrogen and oxygen atoms in total. The second-order valence-electron chi connectivity index (χ2n) is 6.75. The number of unbranched alkanes of at least 4 members (excludes halogenated alkanes) is 6. The summed E-state index contributed by atoms with van der Waals surface area (Å²) in [6, 6.07) is 7.92. The molecular weight excluding hydrogens is 375 g/mol. The molecule has 7 heteroatoms. The van der Waals surface area contributed by atoms with Gasteiger partial charge in [-0.05, 0) is 30.4 Å². The van der Waals surface area contributed by atoms with Gasteiger partial charge in [0.2, 0.25) is 0 Å². The summed E-state index contributed by atoms with van der Waals surface area (Å²) in [7, 11) is -4.28. The Hall–Kier alpha value is 0.0500. The molecule has 0 saturated carbocycles. The number of aliphatic hydroxyl groups is 1. The van der Waals surface area contributed by atoms with Gasteiger partial charge in [-0.1, -0.05) is 69.7 Å². The van der Waals surface area contributed by atoms with Crippen molar-refractivity contribution < 1.29 is 52.4 Å². The van der Waals surface area contributed by atoms with Gasteiger partial charge in [0.25, 0.3) is 0 Å². The summed E-state index contributed by atoms with van der Waals surface area (Å²) in [6.07, 6.45) is 9.61. The summed E-state index contributed by atoms with van der Waals surface area (Å²) in [5.74, 6) is -0.469. The zero-order valence-corrected chi connectivity index (χ0v) is 19.7.